The zero-order chi connectivity index (χ0) is 12.8. The molecule has 1 heteroatoms. The molecule has 0 amide bonds. The Morgan fingerprint density at radius 1 is 0.889 bits per heavy atom. The molecule has 0 aromatic heterocycles. The zero-order valence-corrected chi connectivity index (χ0v) is 11.7. The predicted molar refractivity (Wildman–Crippen MR) is 76.8 cm³/mol. The van der Waals surface area contributed by atoms with Crippen molar-refractivity contribution in [3.05, 3.63) is 35.4 Å². The topological polar surface area (TPSA) is 26.0 Å². The maximum absolute atomic E-state index is 6.40. The van der Waals surface area contributed by atoms with Crippen molar-refractivity contribution in [1.82, 2.24) is 0 Å². The third kappa shape index (κ3) is 1.89. The number of rotatable bonds is 2. The molecule has 4 rings (SSSR count). The van der Waals surface area contributed by atoms with Crippen LogP contribution in [-0.2, 0) is 5.41 Å². The SMILES string of the molecule is CC(C)c1ccc(C23CCC(N)(CC2)CC3)cc1. The van der Waals surface area contributed by atoms with Crippen LogP contribution in [0, 0.1) is 0 Å². The van der Waals surface area contributed by atoms with Crippen molar-refractivity contribution >= 4 is 0 Å². The van der Waals surface area contributed by atoms with E-state index in [2.05, 4.69) is 38.1 Å². The summed E-state index contributed by atoms with van der Waals surface area (Å²) in [5.74, 6) is 0.631. The van der Waals surface area contributed by atoms with Gasteiger partial charge in [-0.2, -0.15) is 0 Å². The van der Waals surface area contributed by atoms with Crippen LogP contribution >= 0.6 is 0 Å². The molecule has 1 nitrogen and oxygen atoms in total. The van der Waals surface area contributed by atoms with E-state index in [9.17, 15) is 0 Å². The molecule has 3 fully saturated rings. The van der Waals surface area contributed by atoms with Gasteiger partial charge in [0.25, 0.3) is 0 Å². The molecule has 0 saturated heterocycles. The lowest BCUT2D eigenvalue weighted by Crippen LogP contribution is -2.53. The van der Waals surface area contributed by atoms with Crippen LogP contribution in [0.1, 0.15) is 69.4 Å². The first kappa shape index (κ1) is 12.2. The molecule has 3 saturated carbocycles. The van der Waals surface area contributed by atoms with Gasteiger partial charge in [-0.3, -0.25) is 0 Å². The van der Waals surface area contributed by atoms with Crippen LogP contribution in [0.2, 0.25) is 0 Å². The van der Waals surface area contributed by atoms with Crippen LogP contribution in [-0.4, -0.2) is 5.54 Å². The van der Waals surface area contributed by atoms with Crippen molar-refractivity contribution < 1.29 is 0 Å². The highest BCUT2D eigenvalue weighted by atomic mass is 14.8. The molecule has 0 spiro atoms. The second-order valence-corrected chi connectivity index (χ2v) is 6.92. The van der Waals surface area contributed by atoms with Gasteiger partial charge < -0.3 is 5.73 Å². The molecule has 1 aromatic carbocycles. The molecule has 1 aromatic rings. The van der Waals surface area contributed by atoms with E-state index in [1.54, 1.807) is 5.56 Å². The Morgan fingerprint density at radius 2 is 1.39 bits per heavy atom. The van der Waals surface area contributed by atoms with E-state index in [4.69, 9.17) is 5.73 Å². The molecule has 98 valence electrons. The summed E-state index contributed by atoms with van der Waals surface area (Å²) in [4.78, 5) is 0. The van der Waals surface area contributed by atoms with E-state index < -0.39 is 0 Å². The third-order valence-corrected chi connectivity index (χ3v) is 5.49. The van der Waals surface area contributed by atoms with Gasteiger partial charge in [0, 0.05) is 5.54 Å². The van der Waals surface area contributed by atoms with Gasteiger partial charge in [-0.15, -0.1) is 0 Å². The fourth-order valence-electron chi connectivity index (χ4n) is 3.87. The predicted octanol–water partition coefficient (Wildman–Crippen LogP) is 4.11. The number of nitrogens with two attached hydrogens (primary N) is 1. The van der Waals surface area contributed by atoms with E-state index in [1.165, 1.54) is 44.1 Å². The Bertz CT molecular complexity index is 405. The monoisotopic (exact) mass is 243 g/mol. The molecule has 0 radical (unpaired) electrons. The highest BCUT2D eigenvalue weighted by molar-refractivity contribution is 5.33. The van der Waals surface area contributed by atoms with E-state index in [1.807, 2.05) is 0 Å². The first-order valence-electron chi connectivity index (χ1n) is 7.42. The van der Waals surface area contributed by atoms with E-state index in [0.29, 0.717) is 11.3 Å². The normalized spacial score (nSPS) is 35.1. The quantitative estimate of drug-likeness (QED) is 0.831. The second kappa shape index (κ2) is 4.09. The van der Waals surface area contributed by atoms with Gasteiger partial charge in [0.05, 0.1) is 0 Å². The Balaban J connectivity index is 1.86. The summed E-state index contributed by atoms with van der Waals surface area (Å²) in [6.45, 7) is 4.52. The first-order chi connectivity index (χ1) is 8.53. The van der Waals surface area contributed by atoms with Crippen molar-refractivity contribution in [2.75, 3.05) is 0 Å². The molecule has 0 heterocycles. The van der Waals surface area contributed by atoms with Crippen LogP contribution in [0.4, 0.5) is 0 Å². The van der Waals surface area contributed by atoms with E-state index >= 15 is 0 Å². The average molecular weight is 243 g/mol. The Kier molecular flexibility index (Phi) is 2.78. The molecule has 0 atom stereocenters. The van der Waals surface area contributed by atoms with Crippen molar-refractivity contribution in [2.45, 2.75) is 69.2 Å². The molecule has 2 N–H and O–H groups in total. The minimum Gasteiger partial charge on any atom is -0.325 e. The molecule has 2 bridgehead atoms. The molecule has 0 unspecified atom stereocenters. The van der Waals surface area contributed by atoms with Crippen LogP contribution in [0.15, 0.2) is 24.3 Å². The lowest BCUT2D eigenvalue weighted by molar-refractivity contribution is 0.107. The van der Waals surface area contributed by atoms with Gasteiger partial charge in [-0.05, 0) is 61.0 Å². The largest absolute Gasteiger partial charge is 0.325 e. The first-order valence-corrected chi connectivity index (χ1v) is 7.42. The van der Waals surface area contributed by atoms with E-state index in [0.717, 1.165) is 0 Å². The zero-order valence-electron chi connectivity index (χ0n) is 11.7. The highest BCUT2D eigenvalue weighted by Gasteiger charge is 2.47. The Labute approximate surface area is 111 Å². The molecule has 3 aliphatic carbocycles. The minimum absolute atomic E-state index is 0.180. The van der Waals surface area contributed by atoms with Crippen molar-refractivity contribution in [3.8, 4) is 0 Å². The van der Waals surface area contributed by atoms with Crippen molar-refractivity contribution in [2.24, 2.45) is 5.73 Å². The van der Waals surface area contributed by atoms with Gasteiger partial charge in [-0.25, -0.2) is 0 Å². The maximum Gasteiger partial charge on any atom is 0.0155 e. The average Bonchev–Trinajstić information content (AvgIpc) is 2.40. The van der Waals surface area contributed by atoms with Crippen LogP contribution < -0.4 is 5.73 Å². The Hall–Kier alpha value is -0.820. The molecular formula is C17H25N. The van der Waals surface area contributed by atoms with Gasteiger partial charge in [0.1, 0.15) is 0 Å². The molecular weight excluding hydrogens is 218 g/mol. The summed E-state index contributed by atoms with van der Waals surface area (Å²) in [7, 11) is 0. The van der Waals surface area contributed by atoms with Gasteiger partial charge in [-0.1, -0.05) is 38.1 Å². The standard InChI is InChI=1S/C17H25N/c1-13(2)14-3-5-15(6-4-14)16-7-10-17(18,11-8-16)12-9-16/h3-6,13H,7-12,18H2,1-2H3. The molecule has 3 aliphatic rings. The summed E-state index contributed by atoms with van der Waals surface area (Å²) in [6.07, 6.45) is 7.55. The Morgan fingerprint density at radius 3 is 1.83 bits per heavy atom. The molecule has 0 aliphatic heterocycles. The van der Waals surface area contributed by atoms with Gasteiger partial charge in [0.2, 0.25) is 0 Å². The van der Waals surface area contributed by atoms with Crippen LogP contribution in [0.25, 0.3) is 0 Å². The molecule has 18 heavy (non-hydrogen) atoms. The smallest absolute Gasteiger partial charge is 0.0155 e. The van der Waals surface area contributed by atoms with Gasteiger partial charge in [0.15, 0.2) is 0 Å². The number of hydrogen-bond acceptors (Lipinski definition) is 1. The summed E-state index contributed by atoms with van der Waals surface area (Å²) >= 11 is 0. The second-order valence-electron chi connectivity index (χ2n) is 6.92. The van der Waals surface area contributed by atoms with Crippen molar-refractivity contribution in [3.63, 3.8) is 0 Å². The number of fused-ring (bicyclic) bond motifs is 3. The maximum atomic E-state index is 6.40. The van der Waals surface area contributed by atoms with Crippen LogP contribution in [0.5, 0.6) is 0 Å². The lowest BCUT2D eigenvalue weighted by atomic mass is 9.55. The fraction of sp³-hybridized carbons (Fsp3) is 0.647. The summed E-state index contributed by atoms with van der Waals surface area (Å²) in [6, 6.07) is 9.41. The lowest BCUT2D eigenvalue weighted by Gasteiger charge is -2.52. The number of benzene rings is 1. The summed E-state index contributed by atoms with van der Waals surface area (Å²) in [5.41, 5.74) is 10.0. The van der Waals surface area contributed by atoms with Gasteiger partial charge >= 0.3 is 0 Å². The highest BCUT2D eigenvalue weighted by Crippen LogP contribution is 2.52. The van der Waals surface area contributed by atoms with E-state index in [-0.39, 0.29) is 5.54 Å². The van der Waals surface area contributed by atoms with Crippen LogP contribution in [0.3, 0.4) is 0 Å². The third-order valence-electron chi connectivity index (χ3n) is 5.49. The fourth-order valence-corrected chi connectivity index (χ4v) is 3.87. The summed E-state index contributed by atoms with van der Waals surface area (Å²) in [5, 5.41) is 0. The minimum atomic E-state index is 0.180. The summed E-state index contributed by atoms with van der Waals surface area (Å²) < 4.78 is 0. The van der Waals surface area contributed by atoms with Crippen molar-refractivity contribution in [1.29, 1.82) is 0 Å². The number of hydrogen-bond donors (Lipinski definition) is 1.